The smallest absolute Gasteiger partial charge is 0.333 e. The molecule has 2 amide bonds. The quantitative estimate of drug-likeness (QED) is 0.130. The van der Waals surface area contributed by atoms with Crippen LogP contribution in [0.5, 0.6) is 0 Å². The summed E-state index contributed by atoms with van der Waals surface area (Å²) in [6, 6.07) is -3.26. The molecule has 0 aliphatic heterocycles. The number of nitrogen functional groups attached to an aromatic ring is 1. The van der Waals surface area contributed by atoms with Gasteiger partial charge in [0, 0.05) is 5.38 Å². The summed E-state index contributed by atoms with van der Waals surface area (Å²) in [4.78, 5) is 44.2. The molecule has 14 nitrogen and oxygen atoms in total. The molecule has 1 aromatic rings. The SMILES string of the molecule is CC(NS(=O)(=O)O)C(NC(=O)C(=NOC(C)(C)C(N)=O)c1csc(N)n1)C(=O)O. The molecule has 0 spiro atoms. The Hall–Kier alpha value is -2.82. The van der Waals surface area contributed by atoms with Crippen molar-refractivity contribution in [2.45, 2.75) is 38.5 Å². The van der Waals surface area contributed by atoms with Crippen LogP contribution in [0.1, 0.15) is 26.5 Å². The molecule has 0 fully saturated rings. The van der Waals surface area contributed by atoms with Crippen molar-refractivity contribution in [3.63, 3.8) is 0 Å². The van der Waals surface area contributed by atoms with Crippen molar-refractivity contribution >= 4 is 50.3 Å². The second-order valence-corrected chi connectivity index (χ2v) is 8.22. The number of amides is 2. The molecule has 162 valence electrons. The van der Waals surface area contributed by atoms with Gasteiger partial charge < -0.3 is 26.7 Å². The van der Waals surface area contributed by atoms with Gasteiger partial charge in [0.1, 0.15) is 11.7 Å². The molecule has 1 rings (SSSR count). The summed E-state index contributed by atoms with van der Waals surface area (Å²) in [5, 5.41) is 16.3. The van der Waals surface area contributed by atoms with Crippen LogP contribution >= 0.6 is 11.3 Å². The highest BCUT2D eigenvalue weighted by Crippen LogP contribution is 2.15. The van der Waals surface area contributed by atoms with Gasteiger partial charge in [0.2, 0.25) is 5.60 Å². The molecule has 0 aliphatic carbocycles. The van der Waals surface area contributed by atoms with E-state index in [0.29, 0.717) is 0 Å². The van der Waals surface area contributed by atoms with Crippen molar-refractivity contribution in [2.24, 2.45) is 10.9 Å². The van der Waals surface area contributed by atoms with E-state index in [0.717, 1.165) is 18.3 Å². The molecule has 1 heterocycles. The minimum Gasteiger partial charge on any atom is -0.480 e. The number of carbonyl (C=O) groups is 3. The van der Waals surface area contributed by atoms with Crippen LogP contribution in [0.15, 0.2) is 10.5 Å². The number of carboxylic acids is 1. The molecule has 16 heteroatoms. The fraction of sp³-hybridized carbons (Fsp3) is 0.462. The van der Waals surface area contributed by atoms with E-state index in [9.17, 15) is 27.9 Å². The van der Waals surface area contributed by atoms with Crippen LogP contribution in [0.25, 0.3) is 0 Å². The van der Waals surface area contributed by atoms with Crippen molar-refractivity contribution in [1.82, 2.24) is 15.0 Å². The van der Waals surface area contributed by atoms with Crippen LogP contribution in [-0.4, -0.2) is 64.2 Å². The summed E-state index contributed by atoms with van der Waals surface area (Å²) < 4.78 is 32.3. The highest BCUT2D eigenvalue weighted by molar-refractivity contribution is 7.83. The molecule has 29 heavy (non-hydrogen) atoms. The van der Waals surface area contributed by atoms with Gasteiger partial charge in [0.25, 0.3) is 11.8 Å². The van der Waals surface area contributed by atoms with E-state index in [-0.39, 0.29) is 10.8 Å². The number of nitrogens with two attached hydrogens (primary N) is 2. The second kappa shape index (κ2) is 9.12. The number of hydrogen-bond donors (Lipinski definition) is 6. The Morgan fingerprint density at radius 2 is 1.97 bits per heavy atom. The van der Waals surface area contributed by atoms with E-state index in [4.69, 9.17) is 20.9 Å². The molecule has 0 aromatic carbocycles. The number of aliphatic carboxylic acids is 1. The molecular weight excluding hydrogens is 432 g/mol. The first kappa shape index (κ1) is 24.2. The third-order valence-corrected chi connectivity index (χ3v) is 4.67. The third kappa shape index (κ3) is 7.26. The van der Waals surface area contributed by atoms with E-state index in [2.05, 4.69) is 10.1 Å². The lowest BCUT2D eigenvalue weighted by Crippen LogP contribution is -2.55. The van der Waals surface area contributed by atoms with Crippen LogP contribution in [0.4, 0.5) is 5.13 Å². The van der Waals surface area contributed by atoms with E-state index in [1.807, 2.05) is 5.32 Å². The monoisotopic (exact) mass is 452 g/mol. The zero-order valence-electron chi connectivity index (χ0n) is 15.4. The fourth-order valence-corrected chi connectivity index (χ4v) is 2.87. The van der Waals surface area contributed by atoms with Crippen molar-refractivity contribution in [2.75, 3.05) is 5.73 Å². The number of anilines is 1. The predicted molar refractivity (Wildman–Crippen MR) is 101 cm³/mol. The summed E-state index contributed by atoms with van der Waals surface area (Å²) in [7, 11) is -4.74. The van der Waals surface area contributed by atoms with Gasteiger partial charge in [-0.3, -0.25) is 14.1 Å². The van der Waals surface area contributed by atoms with Crippen LogP contribution in [-0.2, 0) is 29.5 Å². The van der Waals surface area contributed by atoms with Crippen molar-refractivity contribution in [1.29, 1.82) is 0 Å². The number of carboxylic acid groups (broad SMARTS) is 1. The van der Waals surface area contributed by atoms with Crippen LogP contribution < -0.4 is 21.5 Å². The minimum atomic E-state index is -4.74. The first-order chi connectivity index (χ1) is 13.1. The van der Waals surface area contributed by atoms with Gasteiger partial charge in [-0.05, 0) is 20.8 Å². The number of primary amides is 1. The van der Waals surface area contributed by atoms with E-state index < -0.39 is 51.5 Å². The maximum absolute atomic E-state index is 12.6. The molecule has 0 saturated carbocycles. The number of nitrogens with zero attached hydrogens (tertiary/aromatic N) is 2. The summed E-state index contributed by atoms with van der Waals surface area (Å²) in [5.41, 5.74) is 8.43. The van der Waals surface area contributed by atoms with Gasteiger partial charge in [0.15, 0.2) is 10.8 Å². The second-order valence-electron chi connectivity index (χ2n) is 6.15. The Balaban J connectivity index is 3.22. The third-order valence-electron chi connectivity index (χ3n) is 3.33. The Bertz CT molecular complexity index is 925. The van der Waals surface area contributed by atoms with Gasteiger partial charge in [-0.2, -0.15) is 13.1 Å². The van der Waals surface area contributed by atoms with Crippen LogP contribution in [0.2, 0.25) is 0 Å². The molecule has 2 unspecified atom stereocenters. The van der Waals surface area contributed by atoms with Gasteiger partial charge in [-0.1, -0.05) is 5.16 Å². The zero-order valence-corrected chi connectivity index (χ0v) is 17.1. The highest BCUT2D eigenvalue weighted by Gasteiger charge is 2.33. The Labute approximate surface area is 169 Å². The van der Waals surface area contributed by atoms with E-state index in [1.165, 1.54) is 19.2 Å². The Morgan fingerprint density at radius 1 is 1.38 bits per heavy atom. The number of carbonyl (C=O) groups excluding carboxylic acids is 2. The molecule has 1 aromatic heterocycles. The Morgan fingerprint density at radius 3 is 2.38 bits per heavy atom. The lowest BCUT2D eigenvalue weighted by molar-refractivity contribution is -0.141. The average molecular weight is 452 g/mol. The number of rotatable bonds is 10. The van der Waals surface area contributed by atoms with Gasteiger partial charge in [0.05, 0.1) is 6.04 Å². The van der Waals surface area contributed by atoms with E-state index >= 15 is 0 Å². The highest BCUT2D eigenvalue weighted by atomic mass is 32.2. The minimum absolute atomic E-state index is 0.0610. The normalized spacial score (nSPS) is 14.7. The Kier molecular flexibility index (Phi) is 7.62. The molecule has 8 N–H and O–H groups in total. The summed E-state index contributed by atoms with van der Waals surface area (Å²) in [5.74, 6) is -3.64. The number of oxime groups is 1. The maximum atomic E-state index is 12.6. The molecule has 0 bridgehead atoms. The van der Waals surface area contributed by atoms with Crippen molar-refractivity contribution < 1.29 is 37.3 Å². The summed E-state index contributed by atoms with van der Waals surface area (Å²) >= 11 is 0.947. The predicted octanol–water partition coefficient (Wildman–Crippen LogP) is -1.94. The number of hydrogen-bond acceptors (Lipinski definition) is 10. The first-order valence-electron chi connectivity index (χ1n) is 7.70. The molecule has 0 saturated heterocycles. The fourth-order valence-electron chi connectivity index (χ4n) is 1.72. The lowest BCUT2D eigenvalue weighted by atomic mass is 10.1. The standard InChI is InChI=1S/C13H20N6O8S2/c1-5(19-29(24,25)26)7(10(21)22)17-9(20)8(6-4-28-12(15)16-6)18-27-13(2,3)11(14)23/h4-5,7,19H,1-3H3,(H2,14,23)(H2,15,16)(H,17,20)(H,21,22)(H,24,25,26). The summed E-state index contributed by atoms with van der Waals surface area (Å²) in [6.07, 6.45) is 0. The maximum Gasteiger partial charge on any atom is 0.333 e. The largest absolute Gasteiger partial charge is 0.480 e. The topological polar surface area (TPSA) is 236 Å². The number of aromatic nitrogens is 1. The lowest BCUT2D eigenvalue weighted by Gasteiger charge is -2.22. The van der Waals surface area contributed by atoms with Crippen LogP contribution in [0.3, 0.4) is 0 Å². The molecule has 0 radical (unpaired) electrons. The van der Waals surface area contributed by atoms with Crippen molar-refractivity contribution in [3.8, 4) is 0 Å². The number of nitrogens with one attached hydrogen (secondary N) is 2. The van der Waals surface area contributed by atoms with Gasteiger partial charge >= 0.3 is 16.3 Å². The van der Waals surface area contributed by atoms with E-state index in [1.54, 1.807) is 4.72 Å². The summed E-state index contributed by atoms with van der Waals surface area (Å²) in [6.45, 7) is 3.65. The first-order valence-corrected chi connectivity index (χ1v) is 10.0. The number of thiazole rings is 1. The van der Waals surface area contributed by atoms with Crippen molar-refractivity contribution in [3.05, 3.63) is 11.1 Å². The van der Waals surface area contributed by atoms with Gasteiger partial charge in [-0.15, -0.1) is 11.3 Å². The zero-order chi connectivity index (χ0) is 22.6. The molecule has 2 atom stereocenters. The molecular formula is C13H20N6O8S2. The van der Waals surface area contributed by atoms with Gasteiger partial charge in [-0.25, -0.2) is 9.78 Å². The average Bonchev–Trinajstić information content (AvgIpc) is 2.96. The molecule has 0 aliphatic rings. The van der Waals surface area contributed by atoms with Crippen LogP contribution in [0, 0.1) is 0 Å².